The van der Waals surface area contributed by atoms with E-state index in [9.17, 15) is 13.2 Å². The Labute approximate surface area is 155 Å². The Hall–Kier alpha value is -2.13. The van der Waals surface area contributed by atoms with Gasteiger partial charge in [-0.1, -0.05) is 36.4 Å². The molecule has 0 unspecified atom stereocenters. The summed E-state index contributed by atoms with van der Waals surface area (Å²) in [5.41, 5.74) is 10.9. The van der Waals surface area contributed by atoms with Crippen LogP contribution in [0.5, 0.6) is 5.75 Å². The third-order valence-electron chi connectivity index (χ3n) is 5.00. The quantitative estimate of drug-likeness (QED) is 0.439. The van der Waals surface area contributed by atoms with E-state index in [4.69, 9.17) is 4.74 Å². The van der Waals surface area contributed by atoms with E-state index in [-0.39, 0.29) is 11.2 Å². The van der Waals surface area contributed by atoms with Crippen LogP contribution in [0.3, 0.4) is 0 Å². The van der Waals surface area contributed by atoms with Crippen LogP contribution in [0.4, 0.5) is 13.2 Å². The van der Waals surface area contributed by atoms with Gasteiger partial charge in [0.1, 0.15) is 11.4 Å². The molecule has 0 amide bonds. The lowest BCUT2D eigenvalue weighted by molar-refractivity contribution is -0.165. The number of benzene rings is 2. The standard InChI is InChI=1S/C19H21F3N4O/c1-17(23-24-17)14-6-4-13(5-7-14)3-2-12-27-16-10-8-15(9-11-16)18(25-26-18)19(20,21)22/h4-11,23-26H,2-3,12H2,1H3. The fourth-order valence-electron chi connectivity index (χ4n) is 3.02. The van der Waals surface area contributed by atoms with Crippen LogP contribution in [0.2, 0.25) is 0 Å². The molecule has 0 aliphatic carbocycles. The monoisotopic (exact) mass is 378 g/mol. The lowest BCUT2D eigenvalue weighted by atomic mass is 10.0. The third-order valence-corrected chi connectivity index (χ3v) is 5.00. The summed E-state index contributed by atoms with van der Waals surface area (Å²) in [6, 6.07) is 14.4. The predicted molar refractivity (Wildman–Crippen MR) is 94.3 cm³/mol. The highest BCUT2D eigenvalue weighted by molar-refractivity contribution is 5.35. The summed E-state index contributed by atoms with van der Waals surface area (Å²) >= 11 is 0. The smallest absolute Gasteiger partial charge is 0.426 e. The van der Waals surface area contributed by atoms with E-state index in [1.165, 1.54) is 23.3 Å². The van der Waals surface area contributed by atoms with E-state index in [2.05, 4.69) is 52.9 Å². The SMILES string of the molecule is CC1(c2ccc(CCCOc3ccc(C4(C(F)(F)F)NN4)cc3)cc2)NN1. The summed E-state index contributed by atoms with van der Waals surface area (Å²) in [6.45, 7) is 2.58. The van der Waals surface area contributed by atoms with Crippen LogP contribution in [0.15, 0.2) is 48.5 Å². The Kier molecular flexibility index (Phi) is 4.38. The summed E-state index contributed by atoms with van der Waals surface area (Å²) in [6.07, 6.45) is -2.70. The first-order chi connectivity index (χ1) is 12.8. The molecule has 5 nitrogen and oxygen atoms in total. The first kappa shape index (κ1) is 18.2. The van der Waals surface area contributed by atoms with Crippen molar-refractivity contribution in [2.24, 2.45) is 0 Å². The van der Waals surface area contributed by atoms with E-state index < -0.39 is 11.8 Å². The van der Waals surface area contributed by atoms with Crippen LogP contribution in [0.25, 0.3) is 0 Å². The third kappa shape index (κ3) is 3.66. The van der Waals surface area contributed by atoms with Gasteiger partial charge < -0.3 is 4.74 Å². The predicted octanol–water partition coefficient (Wildman–Crippen LogP) is 2.80. The number of ether oxygens (including phenoxy) is 1. The normalized spacial score (nSPS) is 19.6. The van der Waals surface area contributed by atoms with E-state index in [0.717, 1.165) is 12.8 Å². The van der Waals surface area contributed by atoms with Crippen molar-refractivity contribution in [1.82, 2.24) is 21.7 Å². The molecule has 8 heteroatoms. The van der Waals surface area contributed by atoms with Gasteiger partial charge in [-0.2, -0.15) is 13.2 Å². The number of rotatable bonds is 7. The molecule has 2 aromatic carbocycles. The second-order valence-corrected chi connectivity index (χ2v) is 7.05. The zero-order valence-corrected chi connectivity index (χ0v) is 14.8. The molecule has 0 aromatic heterocycles. The van der Waals surface area contributed by atoms with Gasteiger partial charge in [-0.25, -0.2) is 21.7 Å². The average Bonchev–Trinajstić information content (AvgIpc) is 3.55. The van der Waals surface area contributed by atoms with Gasteiger partial charge in [0.25, 0.3) is 0 Å². The summed E-state index contributed by atoms with van der Waals surface area (Å²) in [7, 11) is 0. The zero-order chi connectivity index (χ0) is 19.1. The minimum Gasteiger partial charge on any atom is -0.494 e. The van der Waals surface area contributed by atoms with Gasteiger partial charge in [-0.3, -0.25) is 0 Å². The van der Waals surface area contributed by atoms with Crippen molar-refractivity contribution in [3.63, 3.8) is 0 Å². The fraction of sp³-hybridized carbons (Fsp3) is 0.368. The van der Waals surface area contributed by atoms with Gasteiger partial charge in [0.15, 0.2) is 0 Å². The minimum absolute atomic E-state index is 0.107. The molecule has 2 aliphatic heterocycles. The topological polar surface area (TPSA) is 97.0 Å². The van der Waals surface area contributed by atoms with Gasteiger partial charge in [0.2, 0.25) is 5.66 Å². The lowest BCUT2D eigenvalue weighted by Gasteiger charge is -2.16. The maximum absolute atomic E-state index is 13.0. The Balaban J connectivity index is 1.25. The van der Waals surface area contributed by atoms with Crippen molar-refractivity contribution >= 4 is 0 Å². The highest BCUT2D eigenvalue weighted by Gasteiger charge is 2.65. The molecule has 0 saturated carbocycles. The summed E-state index contributed by atoms with van der Waals surface area (Å²) in [5, 5.41) is 0. The second-order valence-electron chi connectivity index (χ2n) is 7.05. The number of nitrogens with one attached hydrogen (secondary N) is 4. The molecule has 2 aromatic rings. The number of hydrogen-bond donors (Lipinski definition) is 4. The largest absolute Gasteiger partial charge is 0.494 e. The Bertz CT molecular complexity index is 797. The summed E-state index contributed by atoms with van der Waals surface area (Å²) in [4.78, 5) is 0. The Morgan fingerprint density at radius 2 is 1.44 bits per heavy atom. The fourth-order valence-corrected chi connectivity index (χ4v) is 3.02. The molecule has 4 rings (SSSR count). The van der Waals surface area contributed by atoms with Gasteiger partial charge in [-0.15, -0.1) is 0 Å². The lowest BCUT2D eigenvalue weighted by Crippen LogP contribution is -2.34. The molecule has 0 spiro atoms. The van der Waals surface area contributed by atoms with Crippen LogP contribution in [0.1, 0.15) is 30.0 Å². The van der Waals surface area contributed by atoms with Crippen LogP contribution in [-0.4, -0.2) is 12.8 Å². The van der Waals surface area contributed by atoms with E-state index in [1.807, 2.05) is 0 Å². The molecule has 27 heavy (non-hydrogen) atoms. The molecule has 0 radical (unpaired) electrons. The number of alkyl halides is 3. The molecule has 2 fully saturated rings. The van der Waals surface area contributed by atoms with Gasteiger partial charge in [0, 0.05) is 0 Å². The highest BCUT2D eigenvalue weighted by Crippen LogP contribution is 2.42. The minimum atomic E-state index is -4.39. The summed E-state index contributed by atoms with van der Waals surface area (Å²) in [5.74, 6) is 0.561. The van der Waals surface area contributed by atoms with Crippen LogP contribution < -0.4 is 26.4 Å². The van der Waals surface area contributed by atoms with Crippen molar-refractivity contribution < 1.29 is 17.9 Å². The first-order valence-corrected chi connectivity index (χ1v) is 8.81. The number of hydrogen-bond acceptors (Lipinski definition) is 5. The van der Waals surface area contributed by atoms with Crippen LogP contribution in [0, 0.1) is 0 Å². The number of hydrazine groups is 2. The molecule has 2 aliphatic rings. The van der Waals surface area contributed by atoms with Crippen LogP contribution >= 0.6 is 0 Å². The molecular weight excluding hydrogens is 357 g/mol. The van der Waals surface area contributed by atoms with Gasteiger partial charge in [0.05, 0.1) is 6.61 Å². The molecule has 4 N–H and O–H groups in total. The van der Waals surface area contributed by atoms with Gasteiger partial charge >= 0.3 is 6.18 Å². The maximum atomic E-state index is 13.0. The molecule has 0 bridgehead atoms. The average molecular weight is 378 g/mol. The zero-order valence-electron chi connectivity index (χ0n) is 14.8. The summed E-state index contributed by atoms with van der Waals surface area (Å²) < 4.78 is 44.7. The second kappa shape index (κ2) is 6.49. The first-order valence-electron chi connectivity index (χ1n) is 8.81. The number of halogens is 3. The number of aryl methyl sites for hydroxylation is 1. The molecule has 2 saturated heterocycles. The maximum Gasteiger partial charge on any atom is 0.426 e. The molecule has 0 atom stereocenters. The van der Waals surface area contributed by atoms with E-state index >= 15 is 0 Å². The van der Waals surface area contributed by atoms with Crippen molar-refractivity contribution in [2.75, 3.05) is 6.61 Å². The van der Waals surface area contributed by atoms with Crippen molar-refractivity contribution in [3.05, 3.63) is 65.2 Å². The van der Waals surface area contributed by atoms with Crippen molar-refractivity contribution in [1.29, 1.82) is 0 Å². The Morgan fingerprint density at radius 1 is 0.852 bits per heavy atom. The van der Waals surface area contributed by atoms with Crippen LogP contribution in [-0.2, 0) is 17.7 Å². The van der Waals surface area contributed by atoms with E-state index in [1.54, 1.807) is 12.1 Å². The molecule has 144 valence electrons. The van der Waals surface area contributed by atoms with Crippen molar-refractivity contribution in [3.8, 4) is 5.75 Å². The van der Waals surface area contributed by atoms with Gasteiger partial charge in [-0.05, 0) is 48.6 Å². The highest BCUT2D eigenvalue weighted by atomic mass is 19.4. The Morgan fingerprint density at radius 3 is 1.96 bits per heavy atom. The van der Waals surface area contributed by atoms with E-state index in [0.29, 0.717) is 12.4 Å². The molecule has 2 heterocycles. The van der Waals surface area contributed by atoms with Crippen molar-refractivity contribution in [2.45, 2.75) is 37.3 Å². The molecular formula is C19H21F3N4O.